The number of piperidine rings is 3. The first-order valence-corrected chi connectivity index (χ1v) is 8.85. The molecule has 3 saturated heterocycles. The van der Waals surface area contributed by atoms with Crippen LogP contribution in [0.3, 0.4) is 0 Å². The lowest BCUT2D eigenvalue weighted by molar-refractivity contribution is -0.00174. The van der Waals surface area contributed by atoms with Crippen molar-refractivity contribution in [3.63, 3.8) is 0 Å². The summed E-state index contributed by atoms with van der Waals surface area (Å²) < 4.78 is 0. The predicted molar refractivity (Wildman–Crippen MR) is 85.3 cm³/mol. The standard InChI is InChI=1S/C16H27N3S/c1-11(2)14-9-20-15(17-14)16(18-12(3)4)10-19-7-5-13(16)6-8-19/h9,11-13,18H,5-8,10H2,1-4H3. The van der Waals surface area contributed by atoms with Gasteiger partial charge in [-0.3, -0.25) is 0 Å². The van der Waals surface area contributed by atoms with E-state index in [9.17, 15) is 0 Å². The molecule has 0 saturated carbocycles. The third-order valence-electron chi connectivity index (χ3n) is 4.80. The number of nitrogens with zero attached hydrogens (tertiary/aromatic N) is 2. The summed E-state index contributed by atoms with van der Waals surface area (Å²) >= 11 is 1.86. The molecule has 4 rings (SSSR count). The smallest absolute Gasteiger partial charge is 0.115 e. The fraction of sp³-hybridized carbons (Fsp3) is 0.812. The van der Waals surface area contributed by atoms with Crippen molar-refractivity contribution in [2.24, 2.45) is 5.92 Å². The van der Waals surface area contributed by atoms with Crippen LogP contribution in [0, 0.1) is 5.92 Å². The van der Waals surface area contributed by atoms with Crippen molar-refractivity contribution in [2.75, 3.05) is 19.6 Å². The molecule has 2 bridgehead atoms. The minimum absolute atomic E-state index is 0.0997. The highest BCUT2D eigenvalue weighted by molar-refractivity contribution is 7.09. The zero-order valence-corrected chi connectivity index (χ0v) is 14.0. The van der Waals surface area contributed by atoms with E-state index in [0.717, 1.165) is 12.5 Å². The van der Waals surface area contributed by atoms with E-state index in [1.54, 1.807) is 0 Å². The molecule has 0 amide bonds. The third-order valence-corrected chi connectivity index (χ3v) is 5.84. The van der Waals surface area contributed by atoms with Crippen LogP contribution in [0.15, 0.2) is 5.38 Å². The Morgan fingerprint density at radius 3 is 2.45 bits per heavy atom. The first-order valence-electron chi connectivity index (χ1n) is 7.97. The maximum absolute atomic E-state index is 5.01. The van der Waals surface area contributed by atoms with E-state index in [0.29, 0.717) is 12.0 Å². The van der Waals surface area contributed by atoms with Gasteiger partial charge in [0, 0.05) is 18.0 Å². The van der Waals surface area contributed by atoms with Crippen molar-refractivity contribution in [1.82, 2.24) is 15.2 Å². The van der Waals surface area contributed by atoms with E-state index >= 15 is 0 Å². The van der Waals surface area contributed by atoms with Gasteiger partial charge in [0.05, 0.1) is 11.2 Å². The Hall–Kier alpha value is -0.450. The minimum atomic E-state index is 0.0997. The molecule has 0 spiro atoms. The lowest BCUT2D eigenvalue weighted by Gasteiger charge is -2.53. The molecule has 112 valence electrons. The summed E-state index contributed by atoms with van der Waals surface area (Å²) in [6.45, 7) is 12.7. The quantitative estimate of drug-likeness (QED) is 0.924. The summed E-state index contributed by atoms with van der Waals surface area (Å²) in [5.41, 5.74) is 1.36. The predicted octanol–water partition coefficient (Wildman–Crippen LogP) is 3.19. The van der Waals surface area contributed by atoms with Crippen LogP contribution in [-0.2, 0) is 5.54 Å². The molecule has 0 aliphatic carbocycles. The highest BCUT2D eigenvalue weighted by Gasteiger charge is 2.49. The van der Waals surface area contributed by atoms with Gasteiger partial charge < -0.3 is 10.2 Å². The van der Waals surface area contributed by atoms with E-state index in [4.69, 9.17) is 4.98 Å². The molecule has 1 atom stereocenters. The fourth-order valence-electron chi connectivity index (χ4n) is 3.80. The maximum Gasteiger partial charge on any atom is 0.115 e. The van der Waals surface area contributed by atoms with Gasteiger partial charge in [0.1, 0.15) is 5.01 Å². The Kier molecular flexibility index (Phi) is 3.91. The van der Waals surface area contributed by atoms with Crippen molar-refractivity contribution in [3.05, 3.63) is 16.1 Å². The molecular weight excluding hydrogens is 266 g/mol. The van der Waals surface area contributed by atoms with Gasteiger partial charge in [0.15, 0.2) is 0 Å². The zero-order valence-electron chi connectivity index (χ0n) is 13.1. The van der Waals surface area contributed by atoms with Gasteiger partial charge in [-0.05, 0) is 51.6 Å². The number of aromatic nitrogens is 1. The molecular formula is C16H27N3S. The highest BCUT2D eigenvalue weighted by atomic mass is 32.1. The number of rotatable bonds is 4. The van der Waals surface area contributed by atoms with Crippen LogP contribution in [0.1, 0.15) is 57.2 Å². The first-order chi connectivity index (χ1) is 9.51. The SMILES string of the molecule is CC(C)NC1(c2nc(C(C)C)cs2)CN2CCC1CC2. The molecule has 1 N–H and O–H groups in total. The first kappa shape index (κ1) is 14.5. The van der Waals surface area contributed by atoms with Crippen molar-refractivity contribution in [3.8, 4) is 0 Å². The van der Waals surface area contributed by atoms with E-state index in [1.807, 2.05) is 11.3 Å². The summed E-state index contributed by atoms with van der Waals surface area (Å²) in [6, 6.07) is 0.502. The molecule has 4 heteroatoms. The molecule has 3 nitrogen and oxygen atoms in total. The fourth-order valence-corrected chi connectivity index (χ4v) is 5.02. The minimum Gasteiger partial charge on any atom is -0.302 e. The van der Waals surface area contributed by atoms with E-state index in [-0.39, 0.29) is 5.54 Å². The van der Waals surface area contributed by atoms with E-state index in [2.05, 4.69) is 43.3 Å². The molecule has 3 fully saturated rings. The second-order valence-electron chi connectivity index (χ2n) is 7.05. The third kappa shape index (κ3) is 2.42. The number of hydrogen-bond acceptors (Lipinski definition) is 4. The molecule has 1 aromatic rings. The highest BCUT2D eigenvalue weighted by Crippen LogP contribution is 2.44. The zero-order chi connectivity index (χ0) is 14.3. The van der Waals surface area contributed by atoms with Crippen molar-refractivity contribution in [2.45, 2.75) is 58.0 Å². The van der Waals surface area contributed by atoms with Gasteiger partial charge in [-0.25, -0.2) is 4.98 Å². The van der Waals surface area contributed by atoms with Crippen LogP contribution in [0.25, 0.3) is 0 Å². The Bertz CT molecular complexity index is 456. The molecule has 4 heterocycles. The van der Waals surface area contributed by atoms with Gasteiger partial charge in [-0.1, -0.05) is 13.8 Å². The molecule has 3 aliphatic rings. The number of thiazole rings is 1. The summed E-state index contributed by atoms with van der Waals surface area (Å²) in [6.07, 6.45) is 2.63. The van der Waals surface area contributed by atoms with Gasteiger partial charge in [-0.15, -0.1) is 11.3 Å². The summed E-state index contributed by atoms with van der Waals surface area (Å²) in [4.78, 5) is 7.62. The van der Waals surface area contributed by atoms with Crippen LogP contribution in [0.5, 0.6) is 0 Å². The lowest BCUT2D eigenvalue weighted by Crippen LogP contribution is -2.64. The largest absolute Gasteiger partial charge is 0.302 e. The second-order valence-corrected chi connectivity index (χ2v) is 7.91. The molecule has 0 radical (unpaired) electrons. The lowest BCUT2D eigenvalue weighted by atomic mass is 9.72. The number of nitrogens with one attached hydrogen (secondary N) is 1. The molecule has 1 unspecified atom stereocenters. The van der Waals surface area contributed by atoms with Gasteiger partial charge in [0.25, 0.3) is 0 Å². The molecule has 3 aliphatic heterocycles. The normalized spacial score (nSPS) is 33.3. The van der Waals surface area contributed by atoms with Crippen LogP contribution in [0.2, 0.25) is 0 Å². The van der Waals surface area contributed by atoms with Crippen LogP contribution >= 0.6 is 11.3 Å². The van der Waals surface area contributed by atoms with Gasteiger partial charge in [-0.2, -0.15) is 0 Å². The Balaban J connectivity index is 1.96. The van der Waals surface area contributed by atoms with E-state index < -0.39 is 0 Å². The van der Waals surface area contributed by atoms with Crippen LogP contribution in [-0.4, -0.2) is 35.6 Å². The van der Waals surface area contributed by atoms with Crippen molar-refractivity contribution < 1.29 is 0 Å². The van der Waals surface area contributed by atoms with Crippen LogP contribution < -0.4 is 5.32 Å². The number of hydrogen-bond donors (Lipinski definition) is 1. The molecule has 20 heavy (non-hydrogen) atoms. The summed E-state index contributed by atoms with van der Waals surface area (Å²) in [5.74, 6) is 1.28. The Labute approximate surface area is 126 Å². The topological polar surface area (TPSA) is 28.2 Å². The summed E-state index contributed by atoms with van der Waals surface area (Å²) in [5, 5.41) is 7.49. The van der Waals surface area contributed by atoms with Crippen molar-refractivity contribution in [1.29, 1.82) is 0 Å². The van der Waals surface area contributed by atoms with Gasteiger partial charge >= 0.3 is 0 Å². The van der Waals surface area contributed by atoms with Crippen LogP contribution in [0.4, 0.5) is 0 Å². The Morgan fingerprint density at radius 1 is 1.30 bits per heavy atom. The number of fused-ring (bicyclic) bond motifs is 3. The second kappa shape index (κ2) is 5.39. The average Bonchev–Trinajstić information content (AvgIpc) is 2.89. The molecule has 1 aromatic heterocycles. The summed E-state index contributed by atoms with van der Waals surface area (Å²) in [7, 11) is 0. The van der Waals surface area contributed by atoms with Gasteiger partial charge in [0.2, 0.25) is 0 Å². The Morgan fingerprint density at radius 2 is 2.00 bits per heavy atom. The maximum atomic E-state index is 5.01. The molecule has 0 aromatic carbocycles. The van der Waals surface area contributed by atoms with E-state index in [1.165, 1.54) is 36.6 Å². The average molecular weight is 293 g/mol. The monoisotopic (exact) mass is 293 g/mol. The van der Waals surface area contributed by atoms with Crippen molar-refractivity contribution >= 4 is 11.3 Å².